The molecular formula is C22H19N3O2. The SMILES string of the molecule is COc1ccc(C(=O)Nc2cc(-c3cn4ccccc4n3)ccc2C)cc1. The van der Waals surface area contributed by atoms with Crippen LogP contribution in [0.4, 0.5) is 5.69 Å². The molecule has 0 radical (unpaired) electrons. The molecular weight excluding hydrogens is 338 g/mol. The molecule has 1 amide bonds. The van der Waals surface area contributed by atoms with Crippen LogP contribution in [0.3, 0.4) is 0 Å². The van der Waals surface area contributed by atoms with Gasteiger partial charge < -0.3 is 14.5 Å². The van der Waals surface area contributed by atoms with Crippen molar-refractivity contribution in [2.75, 3.05) is 12.4 Å². The highest BCUT2D eigenvalue weighted by atomic mass is 16.5. The second-order valence-corrected chi connectivity index (χ2v) is 6.30. The normalized spacial score (nSPS) is 10.7. The average molecular weight is 357 g/mol. The minimum Gasteiger partial charge on any atom is -0.497 e. The Hall–Kier alpha value is -3.60. The van der Waals surface area contributed by atoms with Crippen LogP contribution >= 0.6 is 0 Å². The molecule has 0 bridgehead atoms. The number of rotatable bonds is 4. The molecule has 2 heterocycles. The third-order valence-electron chi connectivity index (χ3n) is 4.50. The molecule has 4 rings (SSSR count). The van der Waals surface area contributed by atoms with Crippen molar-refractivity contribution in [3.8, 4) is 17.0 Å². The first-order chi connectivity index (χ1) is 13.1. The predicted octanol–water partition coefficient (Wildman–Crippen LogP) is 4.57. The van der Waals surface area contributed by atoms with Gasteiger partial charge in [0, 0.05) is 29.2 Å². The largest absolute Gasteiger partial charge is 0.497 e. The predicted molar refractivity (Wildman–Crippen MR) is 106 cm³/mol. The molecule has 5 heteroatoms. The van der Waals surface area contributed by atoms with Crippen molar-refractivity contribution < 1.29 is 9.53 Å². The number of pyridine rings is 1. The fourth-order valence-corrected chi connectivity index (χ4v) is 2.93. The lowest BCUT2D eigenvalue weighted by atomic mass is 10.1. The molecule has 0 spiro atoms. The van der Waals surface area contributed by atoms with E-state index in [-0.39, 0.29) is 5.91 Å². The van der Waals surface area contributed by atoms with Crippen molar-refractivity contribution >= 4 is 17.2 Å². The molecule has 0 saturated carbocycles. The third-order valence-corrected chi connectivity index (χ3v) is 4.50. The minimum atomic E-state index is -0.159. The number of hydrogen-bond donors (Lipinski definition) is 1. The maximum absolute atomic E-state index is 12.6. The maximum atomic E-state index is 12.6. The summed E-state index contributed by atoms with van der Waals surface area (Å²) in [4.78, 5) is 17.2. The first kappa shape index (κ1) is 16.8. The van der Waals surface area contributed by atoms with E-state index >= 15 is 0 Å². The Morgan fingerprint density at radius 1 is 1.07 bits per heavy atom. The van der Waals surface area contributed by atoms with Gasteiger partial charge in [0.25, 0.3) is 5.91 Å². The Morgan fingerprint density at radius 3 is 2.63 bits per heavy atom. The lowest BCUT2D eigenvalue weighted by Crippen LogP contribution is -2.12. The number of aromatic nitrogens is 2. The molecule has 5 nitrogen and oxygen atoms in total. The summed E-state index contributed by atoms with van der Waals surface area (Å²) in [6.45, 7) is 1.97. The molecule has 134 valence electrons. The van der Waals surface area contributed by atoms with Gasteiger partial charge in [0.2, 0.25) is 0 Å². The zero-order valence-electron chi connectivity index (χ0n) is 15.1. The lowest BCUT2D eigenvalue weighted by Gasteiger charge is -2.10. The quantitative estimate of drug-likeness (QED) is 0.582. The monoisotopic (exact) mass is 357 g/mol. The number of anilines is 1. The number of hydrogen-bond acceptors (Lipinski definition) is 3. The number of fused-ring (bicyclic) bond motifs is 1. The van der Waals surface area contributed by atoms with Crippen LogP contribution in [0.5, 0.6) is 5.75 Å². The molecule has 0 aliphatic rings. The Kier molecular flexibility index (Phi) is 4.34. The molecule has 27 heavy (non-hydrogen) atoms. The summed E-state index contributed by atoms with van der Waals surface area (Å²) in [7, 11) is 1.60. The second kappa shape index (κ2) is 6.96. The van der Waals surface area contributed by atoms with E-state index < -0.39 is 0 Å². The number of nitrogens with one attached hydrogen (secondary N) is 1. The van der Waals surface area contributed by atoms with Gasteiger partial charge in [-0.3, -0.25) is 4.79 Å². The molecule has 0 unspecified atom stereocenters. The number of imidazole rings is 1. The van der Waals surface area contributed by atoms with E-state index in [1.165, 1.54) is 0 Å². The van der Waals surface area contributed by atoms with Crippen LogP contribution in [-0.4, -0.2) is 22.4 Å². The third kappa shape index (κ3) is 3.40. The fourth-order valence-electron chi connectivity index (χ4n) is 2.93. The standard InChI is InChI=1S/C22H19N3O2/c1-15-6-7-17(20-14-25-12-4-3-5-21(25)23-20)13-19(15)24-22(26)16-8-10-18(27-2)11-9-16/h3-14H,1-2H3,(H,24,26). The number of methoxy groups -OCH3 is 1. The lowest BCUT2D eigenvalue weighted by molar-refractivity contribution is 0.102. The summed E-state index contributed by atoms with van der Waals surface area (Å²) in [6, 6.07) is 18.9. The zero-order valence-corrected chi connectivity index (χ0v) is 15.1. The molecule has 0 aliphatic carbocycles. The molecule has 0 fully saturated rings. The summed E-state index contributed by atoms with van der Waals surface area (Å²) < 4.78 is 7.11. The van der Waals surface area contributed by atoms with Crippen molar-refractivity contribution in [3.05, 3.63) is 84.2 Å². The van der Waals surface area contributed by atoms with E-state index in [2.05, 4.69) is 10.3 Å². The summed E-state index contributed by atoms with van der Waals surface area (Å²) in [5.41, 5.74) is 5.04. The number of carbonyl (C=O) groups excluding carboxylic acids is 1. The van der Waals surface area contributed by atoms with Crippen LogP contribution < -0.4 is 10.1 Å². The highest BCUT2D eigenvalue weighted by Crippen LogP contribution is 2.26. The Morgan fingerprint density at radius 2 is 1.89 bits per heavy atom. The summed E-state index contributed by atoms with van der Waals surface area (Å²) in [6.07, 6.45) is 3.95. The van der Waals surface area contributed by atoms with Gasteiger partial charge in [-0.2, -0.15) is 0 Å². The van der Waals surface area contributed by atoms with Gasteiger partial charge in [-0.15, -0.1) is 0 Å². The highest BCUT2D eigenvalue weighted by molar-refractivity contribution is 6.05. The number of nitrogens with zero attached hydrogens (tertiary/aromatic N) is 2. The van der Waals surface area contributed by atoms with Gasteiger partial charge in [0.05, 0.1) is 12.8 Å². The van der Waals surface area contributed by atoms with Crippen LogP contribution in [0.25, 0.3) is 16.9 Å². The summed E-state index contributed by atoms with van der Waals surface area (Å²) >= 11 is 0. The van der Waals surface area contributed by atoms with Crippen LogP contribution in [-0.2, 0) is 0 Å². The van der Waals surface area contributed by atoms with E-state index in [9.17, 15) is 4.79 Å². The molecule has 0 atom stereocenters. The molecule has 4 aromatic rings. The van der Waals surface area contributed by atoms with Crippen molar-refractivity contribution in [3.63, 3.8) is 0 Å². The molecule has 2 aromatic carbocycles. The Balaban J connectivity index is 1.62. The smallest absolute Gasteiger partial charge is 0.255 e. The first-order valence-corrected chi connectivity index (χ1v) is 8.64. The Labute approximate surface area is 157 Å². The zero-order chi connectivity index (χ0) is 18.8. The van der Waals surface area contributed by atoms with Gasteiger partial charge in [0.1, 0.15) is 11.4 Å². The molecule has 1 N–H and O–H groups in total. The van der Waals surface area contributed by atoms with Crippen LogP contribution in [0.1, 0.15) is 15.9 Å². The van der Waals surface area contributed by atoms with E-state index in [1.807, 2.05) is 60.1 Å². The van der Waals surface area contributed by atoms with Gasteiger partial charge in [-0.25, -0.2) is 4.98 Å². The number of carbonyl (C=O) groups is 1. The number of benzene rings is 2. The minimum absolute atomic E-state index is 0.159. The summed E-state index contributed by atoms with van der Waals surface area (Å²) in [5, 5.41) is 2.99. The van der Waals surface area contributed by atoms with Gasteiger partial charge in [0.15, 0.2) is 0 Å². The average Bonchev–Trinajstić information content (AvgIpc) is 3.14. The molecule has 2 aromatic heterocycles. The summed E-state index contributed by atoms with van der Waals surface area (Å²) in [5.74, 6) is 0.560. The molecule has 0 aliphatic heterocycles. The van der Waals surface area contributed by atoms with Gasteiger partial charge in [-0.1, -0.05) is 18.2 Å². The van der Waals surface area contributed by atoms with Gasteiger partial charge >= 0.3 is 0 Å². The van der Waals surface area contributed by atoms with E-state index in [0.29, 0.717) is 5.56 Å². The number of amides is 1. The van der Waals surface area contributed by atoms with Crippen molar-refractivity contribution in [1.29, 1.82) is 0 Å². The fraction of sp³-hybridized carbons (Fsp3) is 0.0909. The van der Waals surface area contributed by atoms with E-state index in [1.54, 1.807) is 31.4 Å². The molecule has 0 saturated heterocycles. The van der Waals surface area contributed by atoms with E-state index in [4.69, 9.17) is 4.74 Å². The van der Waals surface area contributed by atoms with Crippen molar-refractivity contribution in [2.24, 2.45) is 0 Å². The Bertz CT molecular complexity index is 1080. The maximum Gasteiger partial charge on any atom is 0.255 e. The van der Waals surface area contributed by atoms with Crippen molar-refractivity contribution in [2.45, 2.75) is 6.92 Å². The first-order valence-electron chi connectivity index (χ1n) is 8.64. The van der Waals surface area contributed by atoms with Crippen LogP contribution in [0.15, 0.2) is 73.1 Å². The van der Waals surface area contributed by atoms with Gasteiger partial charge in [-0.05, 0) is 55.0 Å². The van der Waals surface area contributed by atoms with E-state index in [0.717, 1.165) is 33.9 Å². The van der Waals surface area contributed by atoms with Crippen molar-refractivity contribution in [1.82, 2.24) is 9.38 Å². The highest BCUT2D eigenvalue weighted by Gasteiger charge is 2.11. The van der Waals surface area contributed by atoms with Crippen LogP contribution in [0, 0.1) is 6.92 Å². The number of ether oxygens (including phenoxy) is 1. The topological polar surface area (TPSA) is 55.6 Å². The number of aryl methyl sites for hydroxylation is 1. The van der Waals surface area contributed by atoms with Crippen LogP contribution in [0.2, 0.25) is 0 Å². The second-order valence-electron chi connectivity index (χ2n) is 6.30.